The summed E-state index contributed by atoms with van der Waals surface area (Å²) in [5.74, 6) is 0. The van der Waals surface area contributed by atoms with Crippen LogP contribution in [0.3, 0.4) is 0 Å². The van der Waals surface area contributed by atoms with Crippen LogP contribution < -0.4 is 6.15 Å². The predicted octanol–water partition coefficient (Wildman–Crippen LogP) is 5.76. The molecule has 0 bridgehead atoms. The molecule has 100 valence electrons. The van der Waals surface area contributed by atoms with Gasteiger partial charge < -0.3 is 6.15 Å². The number of fused-ring (bicyclic) bond motifs is 1. The van der Waals surface area contributed by atoms with Gasteiger partial charge in [-0.15, -0.1) is 0 Å². The van der Waals surface area contributed by atoms with E-state index in [1.165, 1.54) is 48.4 Å². The fraction of sp³-hybridized carbons (Fsp3) is 0.412. The summed E-state index contributed by atoms with van der Waals surface area (Å²) in [4.78, 5) is 0. The van der Waals surface area contributed by atoms with Crippen LogP contribution in [0.15, 0.2) is 42.5 Å². The minimum atomic E-state index is 0. The monoisotopic (exact) mass is 245 g/mol. The van der Waals surface area contributed by atoms with E-state index in [0.717, 1.165) is 0 Å². The Morgan fingerprint density at radius 3 is 2.33 bits per heavy atom. The minimum Gasteiger partial charge on any atom is -0.344 e. The lowest BCUT2D eigenvalue weighted by Crippen LogP contribution is -1.87. The molecule has 0 aliphatic heterocycles. The Morgan fingerprint density at radius 1 is 0.833 bits per heavy atom. The van der Waals surface area contributed by atoms with E-state index >= 15 is 0 Å². The van der Waals surface area contributed by atoms with E-state index in [9.17, 15) is 0 Å². The van der Waals surface area contributed by atoms with E-state index < -0.39 is 0 Å². The van der Waals surface area contributed by atoms with Crippen molar-refractivity contribution >= 4 is 10.8 Å². The molecule has 18 heavy (non-hydrogen) atoms. The van der Waals surface area contributed by atoms with Crippen LogP contribution in [0.5, 0.6) is 0 Å². The number of benzene rings is 2. The summed E-state index contributed by atoms with van der Waals surface area (Å²) in [6.45, 7) is 2.26. The van der Waals surface area contributed by atoms with Crippen LogP contribution in [0.4, 0.5) is 0 Å². The molecule has 0 spiro atoms. The predicted molar refractivity (Wildman–Crippen MR) is 83.5 cm³/mol. The molecule has 2 rings (SSSR count). The van der Waals surface area contributed by atoms with Crippen molar-refractivity contribution in [2.45, 2.75) is 46.5 Å². The van der Waals surface area contributed by atoms with Crippen molar-refractivity contribution < 1.29 is 0 Å². The lowest BCUT2D eigenvalue weighted by Gasteiger charge is -2.06. The van der Waals surface area contributed by atoms with Gasteiger partial charge in [-0.25, -0.2) is 0 Å². The smallest absolute Gasteiger partial charge is 0.0152 e. The fourth-order valence-electron chi connectivity index (χ4n) is 2.25. The zero-order chi connectivity index (χ0) is 11.2. The van der Waals surface area contributed by atoms with Crippen molar-refractivity contribution in [3.63, 3.8) is 0 Å². The van der Waals surface area contributed by atoms with Crippen molar-refractivity contribution in [1.82, 2.24) is 6.15 Å². The summed E-state index contributed by atoms with van der Waals surface area (Å²) in [5, 5.41) is 2.80. The first-order valence-corrected chi connectivity index (χ1v) is 6.38. The SMILES string of the molecule is C.CCCCCCc1cccc2ccccc12.N. The van der Waals surface area contributed by atoms with Gasteiger partial charge in [-0.05, 0) is 29.2 Å². The molecule has 0 aliphatic rings. The average Bonchev–Trinajstić information content (AvgIpc) is 2.35. The van der Waals surface area contributed by atoms with Crippen molar-refractivity contribution in [2.75, 3.05) is 0 Å². The maximum atomic E-state index is 2.27. The molecule has 0 saturated heterocycles. The van der Waals surface area contributed by atoms with Gasteiger partial charge in [0, 0.05) is 0 Å². The molecule has 0 radical (unpaired) electrons. The van der Waals surface area contributed by atoms with E-state index in [2.05, 4.69) is 49.4 Å². The molecular weight excluding hydrogens is 218 g/mol. The number of aryl methyl sites for hydroxylation is 1. The summed E-state index contributed by atoms with van der Waals surface area (Å²) >= 11 is 0. The van der Waals surface area contributed by atoms with Gasteiger partial charge in [-0.2, -0.15) is 0 Å². The number of unbranched alkanes of at least 4 members (excludes halogenated alkanes) is 3. The minimum absolute atomic E-state index is 0. The number of rotatable bonds is 5. The second kappa shape index (κ2) is 8.71. The summed E-state index contributed by atoms with van der Waals surface area (Å²) in [6, 6.07) is 15.3. The lowest BCUT2D eigenvalue weighted by molar-refractivity contribution is 0.668. The maximum absolute atomic E-state index is 2.27. The van der Waals surface area contributed by atoms with Crippen LogP contribution in [-0.4, -0.2) is 0 Å². The lowest BCUT2D eigenvalue weighted by atomic mass is 9.99. The van der Waals surface area contributed by atoms with Gasteiger partial charge in [0.25, 0.3) is 0 Å². The summed E-state index contributed by atoms with van der Waals surface area (Å²) in [7, 11) is 0. The molecule has 0 aromatic heterocycles. The second-order valence-electron chi connectivity index (χ2n) is 4.45. The second-order valence-corrected chi connectivity index (χ2v) is 4.45. The fourth-order valence-corrected chi connectivity index (χ4v) is 2.25. The third-order valence-corrected chi connectivity index (χ3v) is 3.18. The molecule has 2 aromatic rings. The van der Waals surface area contributed by atoms with E-state index in [0.29, 0.717) is 0 Å². The Bertz CT molecular complexity index is 443. The van der Waals surface area contributed by atoms with Gasteiger partial charge in [-0.3, -0.25) is 0 Å². The maximum Gasteiger partial charge on any atom is -0.0152 e. The quantitative estimate of drug-likeness (QED) is 0.668. The van der Waals surface area contributed by atoms with E-state index in [1.54, 1.807) is 0 Å². The van der Waals surface area contributed by atoms with Crippen molar-refractivity contribution in [3.8, 4) is 0 Å². The molecule has 0 aliphatic carbocycles. The van der Waals surface area contributed by atoms with Gasteiger partial charge in [0.15, 0.2) is 0 Å². The van der Waals surface area contributed by atoms with Crippen LogP contribution in [-0.2, 0) is 6.42 Å². The molecule has 0 atom stereocenters. The third kappa shape index (κ3) is 4.15. The van der Waals surface area contributed by atoms with Gasteiger partial charge in [-0.1, -0.05) is 76.1 Å². The Hall–Kier alpha value is -1.34. The average molecular weight is 245 g/mol. The molecule has 0 saturated carbocycles. The van der Waals surface area contributed by atoms with Crippen LogP contribution in [0.1, 0.15) is 45.6 Å². The highest BCUT2D eigenvalue weighted by atomic mass is 14.0. The van der Waals surface area contributed by atoms with Gasteiger partial charge >= 0.3 is 0 Å². The molecule has 0 heterocycles. The molecule has 0 unspecified atom stereocenters. The summed E-state index contributed by atoms with van der Waals surface area (Å²) in [6.07, 6.45) is 6.59. The van der Waals surface area contributed by atoms with Crippen molar-refractivity contribution in [1.29, 1.82) is 0 Å². The van der Waals surface area contributed by atoms with Crippen molar-refractivity contribution in [2.24, 2.45) is 0 Å². The van der Waals surface area contributed by atoms with Crippen LogP contribution in [0, 0.1) is 0 Å². The van der Waals surface area contributed by atoms with Crippen molar-refractivity contribution in [3.05, 3.63) is 48.0 Å². The van der Waals surface area contributed by atoms with Crippen LogP contribution in [0.25, 0.3) is 10.8 Å². The highest BCUT2D eigenvalue weighted by Crippen LogP contribution is 2.20. The summed E-state index contributed by atoms with van der Waals surface area (Å²) in [5.41, 5.74) is 1.51. The zero-order valence-electron chi connectivity index (χ0n) is 10.8. The van der Waals surface area contributed by atoms with Crippen LogP contribution >= 0.6 is 0 Å². The topological polar surface area (TPSA) is 35.0 Å². The number of hydrogen-bond donors (Lipinski definition) is 1. The molecule has 1 heteroatoms. The largest absolute Gasteiger partial charge is 0.344 e. The summed E-state index contributed by atoms with van der Waals surface area (Å²) < 4.78 is 0. The molecule has 2 aromatic carbocycles. The normalized spacial score (nSPS) is 9.61. The van der Waals surface area contributed by atoms with Gasteiger partial charge in [0.1, 0.15) is 0 Å². The highest BCUT2D eigenvalue weighted by molar-refractivity contribution is 5.85. The standard InChI is InChI=1S/C16H20.CH4.H3N/c1-2-3-4-5-9-14-11-8-12-15-10-6-7-13-16(14)15;;/h6-8,10-13H,2-5,9H2,1H3;1H4;1H3. The highest BCUT2D eigenvalue weighted by Gasteiger charge is 1.99. The van der Waals surface area contributed by atoms with Crippen LogP contribution in [0.2, 0.25) is 0 Å². The van der Waals surface area contributed by atoms with E-state index in [-0.39, 0.29) is 13.6 Å². The molecule has 0 fully saturated rings. The zero-order valence-corrected chi connectivity index (χ0v) is 10.8. The first-order valence-electron chi connectivity index (χ1n) is 6.38. The molecule has 1 nitrogen and oxygen atoms in total. The van der Waals surface area contributed by atoms with E-state index in [4.69, 9.17) is 0 Å². The Labute approximate surface area is 112 Å². The first kappa shape index (κ1) is 16.7. The Balaban J connectivity index is 0.00000144. The number of hydrogen-bond acceptors (Lipinski definition) is 1. The molecular formula is C17H27N. The van der Waals surface area contributed by atoms with E-state index in [1.807, 2.05) is 0 Å². The Morgan fingerprint density at radius 2 is 1.56 bits per heavy atom. The first-order chi connectivity index (χ1) is 7.92. The molecule has 0 amide bonds. The third-order valence-electron chi connectivity index (χ3n) is 3.18. The van der Waals surface area contributed by atoms with Gasteiger partial charge in [0.05, 0.1) is 0 Å². The molecule has 3 N–H and O–H groups in total. The Kier molecular flexibility index (Phi) is 8.06. The van der Waals surface area contributed by atoms with Gasteiger partial charge in [0.2, 0.25) is 0 Å².